The van der Waals surface area contributed by atoms with E-state index in [9.17, 15) is 4.79 Å². The molecule has 6 aromatic rings. The Morgan fingerprint density at radius 1 is 0.914 bits per heavy atom. The first-order valence-corrected chi connectivity index (χ1v) is 11.3. The molecule has 0 saturated heterocycles. The van der Waals surface area contributed by atoms with Gasteiger partial charge in [-0.15, -0.1) is 0 Å². The van der Waals surface area contributed by atoms with E-state index in [0.29, 0.717) is 17.9 Å². The Balaban J connectivity index is 1.40. The highest BCUT2D eigenvalue weighted by atomic mass is 16.1. The van der Waals surface area contributed by atoms with E-state index in [2.05, 4.69) is 59.7 Å². The molecular formula is C27H21N7O. The first-order chi connectivity index (χ1) is 17.2. The molecule has 0 aliphatic carbocycles. The second-order valence-corrected chi connectivity index (χ2v) is 8.21. The lowest BCUT2D eigenvalue weighted by atomic mass is 10.0. The van der Waals surface area contributed by atoms with Crippen LogP contribution in [0.2, 0.25) is 0 Å². The predicted molar refractivity (Wildman–Crippen MR) is 137 cm³/mol. The molecular weight excluding hydrogens is 438 g/mol. The largest absolute Gasteiger partial charge is 0.353 e. The molecule has 1 amide bonds. The molecule has 0 aliphatic heterocycles. The van der Waals surface area contributed by atoms with Crippen molar-refractivity contribution in [2.45, 2.75) is 13.3 Å². The molecule has 8 heteroatoms. The van der Waals surface area contributed by atoms with Gasteiger partial charge in [-0.2, -0.15) is 5.10 Å². The standard InChI is InChI=1S/C27H21N7O/c1-2-25(35)32-24-7-6-17(14-29-24)18-12-21-26(33-34-27(21)30-15-18)23-13-20-19(4-3-5-22(20)31-23)16-8-10-28-11-9-16/h3-15,31H,2H2,1H3,(H,29,32,35)(H,30,33,34). The lowest BCUT2D eigenvalue weighted by Crippen LogP contribution is -2.10. The summed E-state index contributed by atoms with van der Waals surface area (Å²) < 4.78 is 0. The molecule has 0 radical (unpaired) electrons. The molecule has 0 spiro atoms. The van der Waals surface area contributed by atoms with E-state index in [1.54, 1.807) is 37.8 Å². The number of anilines is 1. The Morgan fingerprint density at radius 3 is 2.57 bits per heavy atom. The molecule has 1 aromatic carbocycles. The molecule has 0 atom stereocenters. The zero-order valence-corrected chi connectivity index (χ0v) is 18.9. The zero-order chi connectivity index (χ0) is 23.8. The summed E-state index contributed by atoms with van der Waals surface area (Å²) in [6, 6.07) is 18.1. The molecule has 6 rings (SSSR count). The van der Waals surface area contributed by atoms with E-state index in [0.717, 1.165) is 49.9 Å². The van der Waals surface area contributed by atoms with Crippen molar-refractivity contribution in [3.05, 3.63) is 79.4 Å². The first kappa shape index (κ1) is 20.7. The fraction of sp³-hybridized carbons (Fsp3) is 0.0741. The fourth-order valence-corrected chi connectivity index (χ4v) is 4.21. The third kappa shape index (κ3) is 3.80. The molecule has 0 aliphatic rings. The maximum Gasteiger partial charge on any atom is 0.225 e. The van der Waals surface area contributed by atoms with Crippen molar-refractivity contribution in [2.24, 2.45) is 0 Å². The van der Waals surface area contributed by atoms with Crippen LogP contribution in [0.15, 0.2) is 79.4 Å². The van der Waals surface area contributed by atoms with Crippen LogP contribution in [0.4, 0.5) is 5.82 Å². The van der Waals surface area contributed by atoms with E-state index >= 15 is 0 Å². The Kier molecular flexibility index (Phi) is 5.03. The molecule has 5 heterocycles. The summed E-state index contributed by atoms with van der Waals surface area (Å²) in [6.45, 7) is 1.81. The summed E-state index contributed by atoms with van der Waals surface area (Å²) in [5.74, 6) is 0.462. The Hall–Kier alpha value is -4.85. The van der Waals surface area contributed by atoms with Gasteiger partial charge in [0.25, 0.3) is 0 Å². The minimum Gasteiger partial charge on any atom is -0.353 e. The van der Waals surface area contributed by atoms with Gasteiger partial charge in [0.1, 0.15) is 5.82 Å². The molecule has 0 saturated carbocycles. The minimum absolute atomic E-state index is 0.0678. The lowest BCUT2D eigenvalue weighted by Gasteiger charge is -2.05. The summed E-state index contributed by atoms with van der Waals surface area (Å²) in [5, 5.41) is 12.4. The number of pyridine rings is 3. The third-order valence-electron chi connectivity index (χ3n) is 6.02. The van der Waals surface area contributed by atoms with Crippen LogP contribution < -0.4 is 5.32 Å². The van der Waals surface area contributed by atoms with Crippen LogP contribution in [-0.4, -0.2) is 36.0 Å². The number of hydrogen-bond donors (Lipinski definition) is 3. The van der Waals surface area contributed by atoms with Crippen molar-refractivity contribution < 1.29 is 4.79 Å². The van der Waals surface area contributed by atoms with E-state index in [1.807, 2.05) is 24.3 Å². The average molecular weight is 460 g/mol. The highest BCUT2D eigenvalue weighted by Crippen LogP contribution is 2.34. The van der Waals surface area contributed by atoms with Gasteiger partial charge in [0.05, 0.1) is 11.4 Å². The number of amides is 1. The highest BCUT2D eigenvalue weighted by molar-refractivity contribution is 6.01. The predicted octanol–water partition coefficient (Wildman–Crippen LogP) is 5.58. The number of carbonyl (C=O) groups excluding carboxylic acids is 1. The minimum atomic E-state index is -0.0678. The van der Waals surface area contributed by atoms with Crippen LogP contribution in [0.1, 0.15) is 13.3 Å². The van der Waals surface area contributed by atoms with Crippen LogP contribution in [0.3, 0.4) is 0 Å². The van der Waals surface area contributed by atoms with E-state index < -0.39 is 0 Å². The second-order valence-electron chi connectivity index (χ2n) is 8.21. The van der Waals surface area contributed by atoms with Gasteiger partial charge in [-0.25, -0.2) is 9.97 Å². The zero-order valence-electron chi connectivity index (χ0n) is 18.9. The number of benzene rings is 1. The van der Waals surface area contributed by atoms with E-state index in [1.165, 1.54) is 0 Å². The van der Waals surface area contributed by atoms with Crippen molar-refractivity contribution in [2.75, 3.05) is 5.32 Å². The summed E-state index contributed by atoms with van der Waals surface area (Å²) in [6.07, 6.45) is 7.52. The topological polar surface area (TPSA) is 112 Å². The SMILES string of the molecule is CCC(=O)Nc1ccc(-c2cnc3n[nH]c(-c4cc5c(-c6ccncc6)cccc5[nH]4)c3c2)cn1. The number of hydrogen-bond acceptors (Lipinski definition) is 5. The van der Waals surface area contributed by atoms with Crippen LogP contribution in [-0.2, 0) is 4.79 Å². The molecule has 3 N–H and O–H groups in total. The lowest BCUT2D eigenvalue weighted by molar-refractivity contribution is -0.115. The maximum absolute atomic E-state index is 11.6. The fourth-order valence-electron chi connectivity index (χ4n) is 4.21. The first-order valence-electron chi connectivity index (χ1n) is 11.3. The molecule has 8 nitrogen and oxygen atoms in total. The summed E-state index contributed by atoms with van der Waals surface area (Å²) in [4.78, 5) is 28.2. The molecule has 170 valence electrons. The number of rotatable bonds is 5. The van der Waals surface area contributed by atoms with Gasteiger partial charge in [0.15, 0.2) is 5.65 Å². The van der Waals surface area contributed by atoms with Crippen molar-refractivity contribution >= 4 is 33.7 Å². The number of aromatic amines is 2. The summed E-state index contributed by atoms with van der Waals surface area (Å²) in [7, 11) is 0. The van der Waals surface area contributed by atoms with Gasteiger partial charge in [-0.3, -0.25) is 14.9 Å². The van der Waals surface area contributed by atoms with Gasteiger partial charge >= 0.3 is 0 Å². The maximum atomic E-state index is 11.6. The van der Waals surface area contributed by atoms with Crippen LogP contribution >= 0.6 is 0 Å². The van der Waals surface area contributed by atoms with Gasteiger partial charge < -0.3 is 10.3 Å². The van der Waals surface area contributed by atoms with Crippen LogP contribution in [0.5, 0.6) is 0 Å². The summed E-state index contributed by atoms with van der Waals surface area (Å²) >= 11 is 0. The van der Waals surface area contributed by atoms with Gasteiger partial charge in [-0.05, 0) is 53.6 Å². The van der Waals surface area contributed by atoms with Gasteiger partial charge in [0.2, 0.25) is 5.91 Å². The molecule has 0 bridgehead atoms. The smallest absolute Gasteiger partial charge is 0.225 e. The quantitative estimate of drug-likeness (QED) is 0.312. The molecule has 0 fully saturated rings. The average Bonchev–Trinajstić information content (AvgIpc) is 3.53. The van der Waals surface area contributed by atoms with Crippen LogP contribution in [0, 0.1) is 0 Å². The van der Waals surface area contributed by atoms with E-state index in [-0.39, 0.29) is 5.91 Å². The number of nitrogens with zero attached hydrogens (tertiary/aromatic N) is 4. The van der Waals surface area contributed by atoms with Crippen molar-refractivity contribution in [3.63, 3.8) is 0 Å². The number of H-pyrrole nitrogens is 2. The summed E-state index contributed by atoms with van der Waals surface area (Å²) in [5.41, 5.74) is 7.53. The van der Waals surface area contributed by atoms with Crippen molar-refractivity contribution in [1.82, 2.24) is 30.1 Å². The Morgan fingerprint density at radius 2 is 1.77 bits per heavy atom. The molecule has 35 heavy (non-hydrogen) atoms. The van der Waals surface area contributed by atoms with Gasteiger partial charge in [-0.1, -0.05) is 19.1 Å². The number of nitrogens with one attached hydrogen (secondary N) is 3. The van der Waals surface area contributed by atoms with Crippen LogP contribution in [0.25, 0.3) is 55.6 Å². The monoisotopic (exact) mass is 459 g/mol. The molecule has 5 aromatic heterocycles. The van der Waals surface area contributed by atoms with Crippen molar-refractivity contribution in [3.8, 4) is 33.6 Å². The normalized spacial score (nSPS) is 11.2. The second kappa shape index (κ2) is 8.49. The highest BCUT2D eigenvalue weighted by Gasteiger charge is 2.15. The number of aromatic nitrogens is 6. The Labute approximate surface area is 200 Å². The van der Waals surface area contributed by atoms with Gasteiger partial charge in [0, 0.05) is 58.6 Å². The number of carbonyl (C=O) groups is 1. The third-order valence-corrected chi connectivity index (χ3v) is 6.02. The Bertz CT molecular complexity index is 1670. The van der Waals surface area contributed by atoms with Crippen molar-refractivity contribution in [1.29, 1.82) is 0 Å². The number of fused-ring (bicyclic) bond motifs is 2. The van der Waals surface area contributed by atoms with E-state index in [4.69, 9.17) is 0 Å². The molecule has 0 unspecified atom stereocenters.